The normalized spacial score (nSPS) is 12.8. The van der Waals surface area contributed by atoms with Crippen LogP contribution in [-0.4, -0.2) is 26.4 Å². The number of benzene rings is 1. The molecule has 0 fully saturated rings. The summed E-state index contributed by atoms with van der Waals surface area (Å²) in [5, 5.41) is 1.29. The van der Waals surface area contributed by atoms with Gasteiger partial charge in [0.1, 0.15) is 0 Å². The molecule has 0 radical (unpaired) electrons. The molecule has 0 amide bonds. The van der Waals surface area contributed by atoms with Crippen LogP contribution in [0.5, 0.6) is 0 Å². The molecule has 4 heteroatoms. The maximum atomic E-state index is 5.70. The second-order valence-corrected chi connectivity index (χ2v) is 7.53. The third-order valence-electron chi connectivity index (χ3n) is 2.60. The van der Waals surface area contributed by atoms with E-state index in [1.54, 1.807) is 0 Å². The van der Waals surface area contributed by atoms with Crippen molar-refractivity contribution < 1.29 is 3.73 Å². The Hall–Kier alpha value is 0.0184. The van der Waals surface area contributed by atoms with Crippen LogP contribution in [-0.2, 0) is 3.73 Å². The molecule has 2 atom stereocenters. The van der Waals surface area contributed by atoms with Gasteiger partial charge in [0.25, 0.3) is 0 Å². The predicted molar refractivity (Wildman–Crippen MR) is 88.4 cm³/mol. The van der Waals surface area contributed by atoms with Gasteiger partial charge in [0.2, 0.25) is 0 Å². The zero-order chi connectivity index (χ0) is 13.2. The number of hydrogen-bond acceptors (Lipinski definition) is 3. The standard InChI is InChI=1S/C14H21AsOS2/c1-2-7-13(17)10-6-11-14(18)16-15-12-8-4-3-5-9-12/h3-5,8-9,13,15,17H,2,6-7,10-11H2,1H3. The summed E-state index contributed by atoms with van der Waals surface area (Å²) in [6.45, 7) is 2.20. The molecule has 0 aliphatic heterocycles. The molecule has 0 bridgehead atoms. The molecule has 2 unspecified atom stereocenters. The van der Waals surface area contributed by atoms with Crippen molar-refractivity contribution in [1.82, 2.24) is 0 Å². The minimum absolute atomic E-state index is 0.517. The van der Waals surface area contributed by atoms with Gasteiger partial charge < -0.3 is 0 Å². The molecule has 0 aliphatic rings. The van der Waals surface area contributed by atoms with Crippen molar-refractivity contribution in [2.45, 2.75) is 44.3 Å². The van der Waals surface area contributed by atoms with E-state index >= 15 is 0 Å². The van der Waals surface area contributed by atoms with Crippen LogP contribution in [0.2, 0.25) is 0 Å². The van der Waals surface area contributed by atoms with Gasteiger partial charge in [0.15, 0.2) is 0 Å². The Morgan fingerprint density at radius 1 is 1.33 bits per heavy atom. The fraction of sp³-hybridized carbons (Fsp3) is 0.500. The molecule has 100 valence electrons. The molecule has 0 saturated heterocycles. The maximum absolute atomic E-state index is 5.70. The third kappa shape index (κ3) is 7.45. The van der Waals surface area contributed by atoms with Crippen LogP contribution in [0.15, 0.2) is 30.3 Å². The van der Waals surface area contributed by atoms with Crippen LogP contribution in [0.25, 0.3) is 0 Å². The van der Waals surface area contributed by atoms with Crippen LogP contribution >= 0.6 is 24.8 Å². The van der Waals surface area contributed by atoms with Crippen LogP contribution in [0.4, 0.5) is 0 Å². The third-order valence-corrected chi connectivity index (χ3v) is 5.64. The molecule has 0 spiro atoms. The molecular formula is C14H21AsOS2. The molecule has 1 rings (SSSR count). The van der Waals surface area contributed by atoms with Crippen molar-refractivity contribution >= 4 is 50.3 Å². The van der Waals surface area contributed by atoms with Gasteiger partial charge >= 0.3 is 129 Å². The van der Waals surface area contributed by atoms with E-state index in [4.69, 9.17) is 15.9 Å². The fourth-order valence-corrected chi connectivity index (χ4v) is 3.82. The van der Waals surface area contributed by atoms with Crippen molar-refractivity contribution in [3.05, 3.63) is 30.3 Å². The Morgan fingerprint density at radius 2 is 2.06 bits per heavy atom. The van der Waals surface area contributed by atoms with E-state index in [-0.39, 0.29) is 0 Å². The zero-order valence-electron chi connectivity index (χ0n) is 10.8. The van der Waals surface area contributed by atoms with Crippen LogP contribution in [0.3, 0.4) is 0 Å². The molecule has 1 aromatic rings. The Labute approximate surface area is 128 Å². The van der Waals surface area contributed by atoms with Gasteiger partial charge in [-0.15, -0.1) is 0 Å². The number of thiocarbonyl (C=S) groups is 1. The fourth-order valence-electron chi connectivity index (χ4n) is 1.63. The Morgan fingerprint density at radius 3 is 2.72 bits per heavy atom. The van der Waals surface area contributed by atoms with Crippen LogP contribution in [0.1, 0.15) is 39.0 Å². The van der Waals surface area contributed by atoms with Crippen LogP contribution in [0, 0.1) is 0 Å². The van der Waals surface area contributed by atoms with Gasteiger partial charge in [0, 0.05) is 0 Å². The molecule has 0 N–H and O–H groups in total. The van der Waals surface area contributed by atoms with Crippen LogP contribution < -0.4 is 4.35 Å². The van der Waals surface area contributed by atoms with Gasteiger partial charge in [-0.3, -0.25) is 0 Å². The average molecular weight is 344 g/mol. The summed E-state index contributed by atoms with van der Waals surface area (Å²) < 4.78 is 6.99. The van der Waals surface area contributed by atoms with Crippen molar-refractivity contribution in [3.63, 3.8) is 0 Å². The van der Waals surface area contributed by atoms with E-state index in [2.05, 4.69) is 31.7 Å². The molecule has 18 heavy (non-hydrogen) atoms. The van der Waals surface area contributed by atoms with Crippen molar-refractivity contribution in [1.29, 1.82) is 0 Å². The van der Waals surface area contributed by atoms with Crippen molar-refractivity contribution in [3.8, 4) is 0 Å². The van der Waals surface area contributed by atoms with E-state index < -0.39 is 16.1 Å². The number of hydrogen-bond donors (Lipinski definition) is 1. The first kappa shape index (κ1) is 16.1. The molecule has 1 aromatic carbocycles. The van der Waals surface area contributed by atoms with E-state index in [1.165, 1.54) is 17.2 Å². The monoisotopic (exact) mass is 344 g/mol. The quantitative estimate of drug-likeness (QED) is 0.440. The minimum atomic E-state index is -0.550. The molecule has 0 aromatic heterocycles. The molecular weight excluding hydrogens is 323 g/mol. The summed E-state index contributed by atoms with van der Waals surface area (Å²) in [5.41, 5.74) is 0. The van der Waals surface area contributed by atoms with E-state index in [0.29, 0.717) is 5.25 Å². The second kappa shape index (κ2) is 9.88. The van der Waals surface area contributed by atoms with Crippen molar-refractivity contribution in [2.75, 3.05) is 0 Å². The molecule has 1 nitrogen and oxygen atoms in total. The molecule has 0 saturated carbocycles. The van der Waals surface area contributed by atoms with Gasteiger partial charge in [-0.05, 0) is 0 Å². The average Bonchev–Trinajstić information content (AvgIpc) is 2.38. The predicted octanol–water partition coefficient (Wildman–Crippen LogP) is 3.28. The van der Waals surface area contributed by atoms with Gasteiger partial charge in [-0.1, -0.05) is 0 Å². The first-order valence-corrected chi connectivity index (χ1v) is 9.24. The number of thiol groups is 1. The molecule has 0 aliphatic carbocycles. The van der Waals surface area contributed by atoms with Gasteiger partial charge in [-0.2, -0.15) is 0 Å². The topological polar surface area (TPSA) is 9.23 Å². The van der Waals surface area contributed by atoms with Crippen molar-refractivity contribution in [2.24, 2.45) is 0 Å². The Bertz CT molecular complexity index is 343. The van der Waals surface area contributed by atoms with Gasteiger partial charge in [-0.25, -0.2) is 0 Å². The first-order valence-electron chi connectivity index (χ1n) is 6.41. The Kier molecular flexibility index (Phi) is 8.83. The second-order valence-electron chi connectivity index (χ2n) is 4.28. The Balaban J connectivity index is 2.11. The first-order chi connectivity index (χ1) is 8.72. The van der Waals surface area contributed by atoms with E-state index in [0.717, 1.165) is 24.3 Å². The molecule has 0 heterocycles. The summed E-state index contributed by atoms with van der Waals surface area (Å²) >= 11 is 9.25. The zero-order valence-corrected chi connectivity index (χ0v) is 14.6. The van der Waals surface area contributed by atoms with Gasteiger partial charge in [0.05, 0.1) is 0 Å². The number of rotatable bonds is 8. The van der Waals surface area contributed by atoms with E-state index in [9.17, 15) is 0 Å². The van der Waals surface area contributed by atoms with E-state index in [1.807, 2.05) is 18.2 Å². The summed E-state index contributed by atoms with van der Waals surface area (Å²) in [6, 6.07) is 10.3. The summed E-state index contributed by atoms with van der Waals surface area (Å²) in [6.07, 6.45) is 5.51. The summed E-state index contributed by atoms with van der Waals surface area (Å²) in [5.74, 6) is 0. The summed E-state index contributed by atoms with van der Waals surface area (Å²) in [7, 11) is 0. The summed E-state index contributed by atoms with van der Waals surface area (Å²) in [4.78, 5) is 0. The SMILES string of the molecule is CCCC(S)CCCC(=S)O[AsH]c1ccccc1.